The van der Waals surface area contributed by atoms with E-state index < -0.39 is 0 Å². The maximum absolute atomic E-state index is 3.47. The molecule has 1 heteroatoms. The summed E-state index contributed by atoms with van der Waals surface area (Å²) in [6.45, 7) is 3.02. The molecule has 0 saturated heterocycles. The summed E-state index contributed by atoms with van der Waals surface area (Å²) in [5.41, 5.74) is 5.35. The van der Waals surface area contributed by atoms with Gasteiger partial charge in [0.2, 0.25) is 0 Å². The Kier molecular flexibility index (Phi) is 3.06. The van der Waals surface area contributed by atoms with Crippen LogP contribution in [0.4, 0.5) is 5.69 Å². The Morgan fingerprint density at radius 1 is 1.06 bits per heavy atom. The van der Waals surface area contributed by atoms with Crippen molar-refractivity contribution in [2.45, 2.75) is 32.2 Å². The third kappa shape index (κ3) is 2.73. The van der Waals surface area contributed by atoms with E-state index in [1.54, 1.807) is 0 Å². The minimum Gasteiger partial charge on any atom is -0.381 e. The average Bonchev–Trinajstić information content (AvgIpc) is 3.21. The zero-order chi connectivity index (χ0) is 12.4. The van der Waals surface area contributed by atoms with Gasteiger partial charge in [-0.1, -0.05) is 36.4 Å². The number of aryl methyl sites for hydroxylation is 1. The second-order valence-corrected chi connectivity index (χ2v) is 5.24. The molecule has 1 fully saturated rings. The molecule has 3 rings (SSSR count). The van der Waals surface area contributed by atoms with Crippen LogP contribution in [0.5, 0.6) is 0 Å². The predicted octanol–water partition coefficient (Wildman–Crippen LogP) is 4.48. The fourth-order valence-electron chi connectivity index (χ4n) is 2.28. The van der Waals surface area contributed by atoms with Crippen LogP contribution in [0.3, 0.4) is 0 Å². The van der Waals surface area contributed by atoms with E-state index in [2.05, 4.69) is 60.8 Å². The Morgan fingerprint density at radius 3 is 2.50 bits per heavy atom. The molecule has 1 aliphatic rings. The lowest BCUT2D eigenvalue weighted by Crippen LogP contribution is -1.99. The Hall–Kier alpha value is -1.76. The minimum atomic E-state index is 0.851. The molecule has 1 saturated carbocycles. The van der Waals surface area contributed by atoms with Crippen LogP contribution in [-0.4, -0.2) is 0 Å². The van der Waals surface area contributed by atoms with Gasteiger partial charge in [0.25, 0.3) is 0 Å². The topological polar surface area (TPSA) is 12.0 Å². The Morgan fingerprint density at radius 2 is 1.83 bits per heavy atom. The van der Waals surface area contributed by atoms with Gasteiger partial charge in [-0.05, 0) is 54.5 Å². The highest BCUT2D eigenvalue weighted by molar-refractivity contribution is 5.46. The maximum Gasteiger partial charge on any atom is 0.0400 e. The molecule has 2 aromatic carbocycles. The molecular weight excluding hydrogens is 218 g/mol. The summed E-state index contributed by atoms with van der Waals surface area (Å²) in [6.07, 6.45) is 2.75. The molecule has 0 amide bonds. The first kappa shape index (κ1) is 11.3. The lowest BCUT2D eigenvalue weighted by atomic mass is 10.1. The van der Waals surface area contributed by atoms with Crippen molar-refractivity contribution in [2.75, 3.05) is 5.32 Å². The summed E-state index contributed by atoms with van der Waals surface area (Å²) >= 11 is 0. The van der Waals surface area contributed by atoms with Gasteiger partial charge in [0.15, 0.2) is 0 Å². The molecular formula is C17H19N. The van der Waals surface area contributed by atoms with Gasteiger partial charge in [-0.2, -0.15) is 0 Å². The van der Waals surface area contributed by atoms with Gasteiger partial charge in [0, 0.05) is 12.2 Å². The van der Waals surface area contributed by atoms with Crippen molar-refractivity contribution in [3.05, 3.63) is 65.2 Å². The highest BCUT2D eigenvalue weighted by Crippen LogP contribution is 2.39. The number of rotatable bonds is 4. The average molecular weight is 237 g/mol. The first-order chi connectivity index (χ1) is 8.81. The van der Waals surface area contributed by atoms with Crippen LogP contribution >= 0.6 is 0 Å². The number of hydrogen-bond acceptors (Lipinski definition) is 1. The van der Waals surface area contributed by atoms with Gasteiger partial charge in [0.1, 0.15) is 0 Å². The van der Waals surface area contributed by atoms with Crippen LogP contribution in [0, 0.1) is 6.92 Å². The number of anilines is 1. The zero-order valence-electron chi connectivity index (χ0n) is 10.8. The number of hydrogen-bond donors (Lipinski definition) is 1. The molecule has 0 spiro atoms. The quantitative estimate of drug-likeness (QED) is 0.826. The monoisotopic (exact) mass is 237 g/mol. The van der Waals surface area contributed by atoms with Gasteiger partial charge in [-0.3, -0.25) is 0 Å². The first-order valence-electron chi connectivity index (χ1n) is 6.71. The third-order valence-electron chi connectivity index (χ3n) is 3.54. The van der Waals surface area contributed by atoms with E-state index in [0.29, 0.717) is 0 Å². The lowest BCUT2D eigenvalue weighted by molar-refractivity contribution is 1.10. The van der Waals surface area contributed by atoms with Gasteiger partial charge >= 0.3 is 0 Å². The van der Waals surface area contributed by atoms with Gasteiger partial charge in [0.05, 0.1) is 0 Å². The van der Waals surface area contributed by atoms with Crippen molar-refractivity contribution in [3.63, 3.8) is 0 Å². The van der Waals surface area contributed by atoms with Crippen LogP contribution in [0.25, 0.3) is 0 Å². The molecule has 0 radical (unpaired) electrons. The lowest BCUT2D eigenvalue weighted by Gasteiger charge is -2.08. The Balaban J connectivity index is 1.62. The van der Waals surface area contributed by atoms with Crippen LogP contribution in [-0.2, 0) is 6.54 Å². The van der Waals surface area contributed by atoms with Crippen LogP contribution in [0.15, 0.2) is 48.5 Å². The fraction of sp³-hybridized carbons (Fsp3) is 0.294. The number of nitrogens with one attached hydrogen (secondary N) is 1. The van der Waals surface area contributed by atoms with Crippen molar-refractivity contribution >= 4 is 5.69 Å². The smallest absolute Gasteiger partial charge is 0.0400 e. The number of benzene rings is 2. The first-order valence-corrected chi connectivity index (χ1v) is 6.71. The van der Waals surface area contributed by atoms with Crippen LogP contribution in [0.2, 0.25) is 0 Å². The molecule has 1 N–H and O–H groups in total. The summed E-state index contributed by atoms with van der Waals surface area (Å²) < 4.78 is 0. The molecule has 0 bridgehead atoms. The SMILES string of the molecule is Cc1cccc(NCc2ccc(C3CC3)cc2)c1. The molecule has 1 nitrogen and oxygen atoms in total. The molecule has 0 heterocycles. The van der Waals surface area contributed by atoms with Crippen LogP contribution in [0.1, 0.15) is 35.4 Å². The second-order valence-electron chi connectivity index (χ2n) is 5.24. The summed E-state index contributed by atoms with van der Waals surface area (Å²) in [4.78, 5) is 0. The van der Waals surface area contributed by atoms with E-state index in [9.17, 15) is 0 Å². The molecule has 0 atom stereocenters. The van der Waals surface area contributed by atoms with Crippen molar-refractivity contribution < 1.29 is 0 Å². The predicted molar refractivity (Wildman–Crippen MR) is 76.9 cm³/mol. The fourth-order valence-corrected chi connectivity index (χ4v) is 2.28. The molecule has 18 heavy (non-hydrogen) atoms. The van der Waals surface area contributed by atoms with E-state index in [1.807, 2.05) is 0 Å². The van der Waals surface area contributed by atoms with E-state index in [-0.39, 0.29) is 0 Å². The Bertz CT molecular complexity index is 524. The summed E-state index contributed by atoms with van der Waals surface area (Å²) in [5, 5.41) is 3.47. The molecule has 0 aliphatic heterocycles. The third-order valence-corrected chi connectivity index (χ3v) is 3.54. The highest BCUT2D eigenvalue weighted by atomic mass is 14.9. The van der Waals surface area contributed by atoms with E-state index in [0.717, 1.165) is 12.5 Å². The normalized spacial score (nSPS) is 14.5. The molecule has 92 valence electrons. The van der Waals surface area contributed by atoms with E-state index >= 15 is 0 Å². The second kappa shape index (κ2) is 4.85. The van der Waals surface area contributed by atoms with Gasteiger partial charge in [-0.15, -0.1) is 0 Å². The molecule has 0 unspecified atom stereocenters. The van der Waals surface area contributed by atoms with Crippen molar-refractivity contribution in [3.8, 4) is 0 Å². The molecule has 1 aliphatic carbocycles. The van der Waals surface area contributed by atoms with Gasteiger partial charge in [-0.25, -0.2) is 0 Å². The van der Waals surface area contributed by atoms with E-state index in [1.165, 1.54) is 35.2 Å². The summed E-state index contributed by atoms with van der Waals surface area (Å²) in [5.74, 6) is 0.851. The maximum atomic E-state index is 3.47. The van der Waals surface area contributed by atoms with Crippen molar-refractivity contribution in [2.24, 2.45) is 0 Å². The van der Waals surface area contributed by atoms with Crippen LogP contribution < -0.4 is 5.32 Å². The highest BCUT2D eigenvalue weighted by Gasteiger charge is 2.22. The standard InChI is InChI=1S/C17H19N/c1-13-3-2-4-17(11-13)18-12-14-5-7-15(8-6-14)16-9-10-16/h2-8,11,16,18H,9-10,12H2,1H3. The van der Waals surface area contributed by atoms with Crippen molar-refractivity contribution in [1.82, 2.24) is 0 Å². The van der Waals surface area contributed by atoms with E-state index in [4.69, 9.17) is 0 Å². The minimum absolute atomic E-state index is 0.851. The van der Waals surface area contributed by atoms with Gasteiger partial charge < -0.3 is 5.32 Å². The largest absolute Gasteiger partial charge is 0.381 e. The molecule has 2 aromatic rings. The summed E-state index contributed by atoms with van der Waals surface area (Å²) in [6, 6.07) is 17.6. The molecule has 0 aromatic heterocycles. The summed E-state index contributed by atoms with van der Waals surface area (Å²) in [7, 11) is 0. The zero-order valence-corrected chi connectivity index (χ0v) is 10.8. The Labute approximate surface area is 109 Å². The van der Waals surface area contributed by atoms with Crippen molar-refractivity contribution in [1.29, 1.82) is 0 Å².